The summed E-state index contributed by atoms with van der Waals surface area (Å²) in [5.74, 6) is -0.526. The lowest BCUT2D eigenvalue weighted by atomic mass is 10.1. The Bertz CT molecular complexity index is 933. The number of carbonyl (C=O) groups excluding carboxylic acids is 1. The van der Waals surface area contributed by atoms with Crippen LogP contribution in [0.1, 0.15) is 31.9 Å². The fourth-order valence-corrected chi connectivity index (χ4v) is 4.07. The van der Waals surface area contributed by atoms with Crippen LogP contribution in [0.25, 0.3) is 10.1 Å². The van der Waals surface area contributed by atoms with Gasteiger partial charge in [-0.1, -0.05) is 29.8 Å². The Labute approximate surface area is 150 Å². The molecule has 0 saturated heterocycles. The Kier molecular flexibility index (Phi) is 5.16. The molecule has 0 atom stereocenters. The number of fused-ring (bicyclic) bond motifs is 1. The van der Waals surface area contributed by atoms with Crippen molar-refractivity contribution >= 4 is 27.3 Å². The van der Waals surface area contributed by atoms with Gasteiger partial charge in [0, 0.05) is 29.3 Å². The number of aryl methyl sites for hydroxylation is 2. The molecule has 0 aliphatic heterocycles. The van der Waals surface area contributed by atoms with Gasteiger partial charge in [0.15, 0.2) is 0 Å². The van der Waals surface area contributed by atoms with E-state index in [4.69, 9.17) is 4.74 Å². The largest absolute Gasteiger partial charge is 0.380 e. The fraction of sp³-hybridized carbons (Fsp3) is 0.250. The minimum atomic E-state index is -0.325. The second kappa shape index (κ2) is 7.33. The van der Waals surface area contributed by atoms with Crippen molar-refractivity contribution in [3.8, 4) is 0 Å². The number of ether oxygens (including phenoxy) is 1. The molecule has 0 fully saturated rings. The smallest absolute Gasteiger partial charge is 0.262 e. The third-order valence-corrected chi connectivity index (χ3v) is 5.39. The summed E-state index contributed by atoms with van der Waals surface area (Å²) >= 11 is 1.30. The van der Waals surface area contributed by atoms with E-state index in [-0.39, 0.29) is 18.3 Å². The first-order valence-corrected chi connectivity index (χ1v) is 8.86. The molecule has 1 amide bonds. The summed E-state index contributed by atoms with van der Waals surface area (Å²) in [6.45, 7) is 4.71. The summed E-state index contributed by atoms with van der Waals surface area (Å²) < 4.78 is 20.2. The van der Waals surface area contributed by atoms with Gasteiger partial charge in [-0.2, -0.15) is 0 Å². The molecule has 1 heterocycles. The van der Waals surface area contributed by atoms with Crippen LogP contribution in [-0.4, -0.2) is 13.0 Å². The highest BCUT2D eigenvalue weighted by Crippen LogP contribution is 2.33. The average Bonchev–Trinajstić information content (AvgIpc) is 2.94. The van der Waals surface area contributed by atoms with Crippen LogP contribution in [0.5, 0.6) is 0 Å². The molecule has 0 aliphatic rings. The van der Waals surface area contributed by atoms with E-state index in [9.17, 15) is 9.18 Å². The zero-order valence-electron chi connectivity index (χ0n) is 14.5. The van der Waals surface area contributed by atoms with Crippen LogP contribution in [0.15, 0.2) is 36.4 Å². The van der Waals surface area contributed by atoms with Crippen LogP contribution >= 0.6 is 11.3 Å². The van der Waals surface area contributed by atoms with Crippen molar-refractivity contribution in [2.24, 2.45) is 0 Å². The van der Waals surface area contributed by atoms with Crippen LogP contribution in [0.4, 0.5) is 4.39 Å². The maximum absolute atomic E-state index is 14.2. The Hall–Kier alpha value is -2.24. The molecule has 3 aromatic rings. The molecule has 1 N–H and O–H groups in total. The lowest BCUT2D eigenvalue weighted by molar-refractivity contribution is 0.0950. The van der Waals surface area contributed by atoms with Crippen LogP contribution in [-0.2, 0) is 17.9 Å². The molecule has 0 radical (unpaired) electrons. The van der Waals surface area contributed by atoms with Gasteiger partial charge in [0.05, 0.1) is 11.5 Å². The lowest BCUT2D eigenvalue weighted by Crippen LogP contribution is -2.23. The van der Waals surface area contributed by atoms with Crippen molar-refractivity contribution in [2.45, 2.75) is 27.0 Å². The van der Waals surface area contributed by atoms with Crippen LogP contribution in [0.2, 0.25) is 0 Å². The second-order valence-electron chi connectivity index (χ2n) is 6.07. The number of methoxy groups -OCH3 is 1. The van der Waals surface area contributed by atoms with Gasteiger partial charge in [-0.3, -0.25) is 4.79 Å². The fourth-order valence-electron chi connectivity index (χ4n) is 2.93. The molecular formula is C20H20FNO2S. The van der Waals surface area contributed by atoms with E-state index in [0.717, 1.165) is 15.8 Å². The van der Waals surface area contributed by atoms with E-state index < -0.39 is 0 Å². The summed E-state index contributed by atoms with van der Waals surface area (Å²) in [7, 11) is 1.54. The Balaban J connectivity index is 1.89. The Morgan fingerprint density at radius 1 is 1.24 bits per heavy atom. The van der Waals surface area contributed by atoms with Crippen molar-refractivity contribution in [3.63, 3.8) is 0 Å². The van der Waals surface area contributed by atoms with Gasteiger partial charge in [-0.25, -0.2) is 4.39 Å². The van der Waals surface area contributed by atoms with Gasteiger partial charge in [0.1, 0.15) is 5.82 Å². The van der Waals surface area contributed by atoms with E-state index >= 15 is 0 Å². The van der Waals surface area contributed by atoms with Crippen LogP contribution in [0, 0.1) is 19.7 Å². The molecule has 3 rings (SSSR count). The summed E-state index contributed by atoms with van der Waals surface area (Å²) in [6, 6.07) is 11.0. The third-order valence-electron chi connectivity index (χ3n) is 4.20. The molecule has 5 heteroatoms. The van der Waals surface area contributed by atoms with Crippen molar-refractivity contribution in [3.05, 3.63) is 69.3 Å². The van der Waals surface area contributed by atoms with Gasteiger partial charge in [-0.15, -0.1) is 11.3 Å². The number of benzene rings is 2. The summed E-state index contributed by atoms with van der Waals surface area (Å²) in [5.41, 5.74) is 4.01. The molecule has 130 valence electrons. The Morgan fingerprint density at radius 2 is 2.04 bits per heavy atom. The summed E-state index contributed by atoms with van der Waals surface area (Å²) in [5, 5.41) is 3.43. The number of hydrogen-bond donors (Lipinski definition) is 1. The third kappa shape index (κ3) is 3.57. The Morgan fingerprint density at radius 3 is 2.76 bits per heavy atom. The molecule has 2 aromatic carbocycles. The van der Waals surface area contributed by atoms with E-state index in [1.807, 2.05) is 32.0 Å². The van der Waals surface area contributed by atoms with E-state index in [0.29, 0.717) is 22.4 Å². The van der Waals surface area contributed by atoms with Crippen molar-refractivity contribution < 1.29 is 13.9 Å². The van der Waals surface area contributed by atoms with E-state index in [1.165, 1.54) is 23.0 Å². The first-order valence-electron chi connectivity index (χ1n) is 8.04. The van der Waals surface area contributed by atoms with Gasteiger partial charge >= 0.3 is 0 Å². The molecule has 0 bridgehead atoms. The minimum absolute atomic E-state index is 0.201. The van der Waals surface area contributed by atoms with Gasteiger partial charge in [-0.05, 0) is 37.1 Å². The zero-order chi connectivity index (χ0) is 18.0. The predicted octanol–water partition coefficient (Wildman–Crippen LogP) is 4.73. The molecule has 1 aromatic heterocycles. The maximum atomic E-state index is 14.2. The standard InChI is InChI=1S/C20H20FNO2S/c1-12-7-8-14(13(2)9-12)10-22-20(23)19-15(11-24-3)18-16(21)5-4-6-17(18)25-19/h4-9H,10-11H2,1-3H3,(H,22,23). The molecular weight excluding hydrogens is 337 g/mol. The molecule has 0 saturated carbocycles. The quantitative estimate of drug-likeness (QED) is 0.717. The highest BCUT2D eigenvalue weighted by atomic mass is 32.1. The normalized spacial score (nSPS) is 11.0. The summed E-state index contributed by atoms with van der Waals surface area (Å²) in [6.07, 6.45) is 0. The van der Waals surface area contributed by atoms with Crippen LogP contribution in [0.3, 0.4) is 0 Å². The predicted molar refractivity (Wildman–Crippen MR) is 99.6 cm³/mol. The number of amides is 1. The highest BCUT2D eigenvalue weighted by molar-refractivity contribution is 7.21. The monoisotopic (exact) mass is 357 g/mol. The maximum Gasteiger partial charge on any atom is 0.262 e. The SMILES string of the molecule is COCc1c(C(=O)NCc2ccc(C)cc2C)sc2cccc(F)c12. The number of thiophene rings is 1. The van der Waals surface area contributed by atoms with E-state index in [1.54, 1.807) is 13.2 Å². The molecule has 25 heavy (non-hydrogen) atoms. The number of rotatable bonds is 5. The van der Waals surface area contributed by atoms with Crippen molar-refractivity contribution in [2.75, 3.05) is 7.11 Å². The number of nitrogens with one attached hydrogen (secondary N) is 1. The first kappa shape index (κ1) is 17.6. The minimum Gasteiger partial charge on any atom is -0.380 e. The zero-order valence-corrected chi connectivity index (χ0v) is 15.3. The number of hydrogen-bond acceptors (Lipinski definition) is 3. The van der Waals surface area contributed by atoms with Crippen LogP contribution < -0.4 is 5.32 Å². The highest BCUT2D eigenvalue weighted by Gasteiger charge is 2.20. The van der Waals surface area contributed by atoms with E-state index in [2.05, 4.69) is 11.4 Å². The van der Waals surface area contributed by atoms with Crippen molar-refractivity contribution in [1.29, 1.82) is 0 Å². The molecule has 3 nitrogen and oxygen atoms in total. The van der Waals surface area contributed by atoms with Gasteiger partial charge in [0.2, 0.25) is 0 Å². The van der Waals surface area contributed by atoms with Crippen molar-refractivity contribution in [1.82, 2.24) is 5.32 Å². The molecule has 0 unspecified atom stereocenters. The topological polar surface area (TPSA) is 38.3 Å². The molecule has 0 aliphatic carbocycles. The summed E-state index contributed by atoms with van der Waals surface area (Å²) in [4.78, 5) is 13.2. The lowest BCUT2D eigenvalue weighted by Gasteiger charge is -2.09. The average molecular weight is 357 g/mol. The first-order chi connectivity index (χ1) is 12.0. The second-order valence-corrected chi connectivity index (χ2v) is 7.12. The van der Waals surface area contributed by atoms with Gasteiger partial charge < -0.3 is 10.1 Å². The molecule has 0 spiro atoms. The number of halogens is 1. The number of carbonyl (C=O) groups is 1. The van der Waals surface area contributed by atoms with Gasteiger partial charge in [0.25, 0.3) is 5.91 Å².